The number of carbonyl (C=O) groups excluding carboxylic acids is 1. The maximum atomic E-state index is 12.8. The van der Waals surface area contributed by atoms with Crippen LogP contribution in [-0.4, -0.2) is 11.3 Å². The van der Waals surface area contributed by atoms with Crippen LogP contribution in [0.3, 0.4) is 0 Å². The maximum absolute atomic E-state index is 12.8. The monoisotopic (exact) mass is 317 g/mol. The molecule has 0 saturated heterocycles. The van der Waals surface area contributed by atoms with E-state index in [0.717, 1.165) is 0 Å². The molecule has 1 heterocycles. The Kier molecular flexibility index (Phi) is 2.81. The summed E-state index contributed by atoms with van der Waals surface area (Å²) in [5.41, 5.74) is 0.671. The van der Waals surface area contributed by atoms with Gasteiger partial charge in [-0.2, -0.15) is 0 Å². The van der Waals surface area contributed by atoms with Gasteiger partial charge in [-0.15, -0.1) is 0 Å². The van der Waals surface area contributed by atoms with Crippen molar-refractivity contribution >= 4 is 28.9 Å². The second-order valence-corrected chi connectivity index (χ2v) is 3.97. The van der Waals surface area contributed by atoms with Crippen LogP contribution in [-0.2, 0) is 0 Å². The Labute approximate surface area is 98.5 Å². The van der Waals surface area contributed by atoms with E-state index in [1.54, 1.807) is 6.07 Å². The van der Waals surface area contributed by atoms with Crippen LogP contribution in [0.25, 0.3) is 11.5 Å². The second kappa shape index (κ2) is 4.09. The van der Waals surface area contributed by atoms with Crippen LogP contribution in [0.5, 0.6) is 0 Å². The van der Waals surface area contributed by atoms with Gasteiger partial charge in [-0.1, -0.05) is 0 Å². The number of carbonyl (C=O) groups is 1. The molecule has 0 amide bonds. The summed E-state index contributed by atoms with van der Waals surface area (Å²) in [6.07, 6.45) is 1.91. The average Bonchev–Trinajstić information content (AvgIpc) is 2.66. The minimum Gasteiger partial charge on any atom is -0.433 e. The predicted octanol–water partition coefficient (Wildman–Crippen LogP) is 2.90. The molecule has 0 atom stereocenters. The molecule has 1 aromatic carbocycles. The van der Waals surface area contributed by atoms with Crippen molar-refractivity contribution in [1.82, 2.24) is 4.98 Å². The van der Waals surface area contributed by atoms with Gasteiger partial charge in [-0.3, -0.25) is 4.79 Å². The number of aldehydes is 1. The molecule has 0 spiro atoms. The summed E-state index contributed by atoms with van der Waals surface area (Å²) in [5.74, 6) is 0.164. The summed E-state index contributed by atoms with van der Waals surface area (Å²) < 4.78 is 18.6. The molecule has 0 fully saturated rings. The molecule has 0 radical (unpaired) electrons. The molecule has 5 heteroatoms. The van der Waals surface area contributed by atoms with E-state index in [4.69, 9.17) is 4.42 Å². The molecule has 0 unspecified atom stereocenters. The van der Waals surface area contributed by atoms with Crippen LogP contribution in [0.1, 0.15) is 10.6 Å². The molecule has 2 aromatic rings. The number of hydrogen-bond acceptors (Lipinski definition) is 3. The lowest BCUT2D eigenvalue weighted by Gasteiger charge is -1.98. The van der Waals surface area contributed by atoms with Crippen LogP contribution in [0.15, 0.2) is 28.8 Å². The van der Waals surface area contributed by atoms with Gasteiger partial charge in [-0.25, -0.2) is 9.37 Å². The van der Waals surface area contributed by atoms with Gasteiger partial charge in [0.15, 0.2) is 12.0 Å². The third-order valence-electron chi connectivity index (χ3n) is 1.80. The molecule has 1 aromatic heterocycles. The van der Waals surface area contributed by atoms with Crippen LogP contribution in [0.2, 0.25) is 0 Å². The van der Waals surface area contributed by atoms with E-state index < -0.39 is 0 Å². The van der Waals surface area contributed by atoms with Crippen molar-refractivity contribution in [1.29, 1.82) is 0 Å². The van der Waals surface area contributed by atoms with Gasteiger partial charge in [0.2, 0.25) is 5.89 Å². The van der Waals surface area contributed by atoms with E-state index in [0.29, 0.717) is 21.3 Å². The fourth-order valence-corrected chi connectivity index (χ4v) is 1.84. The van der Waals surface area contributed by atoms with Gasteiger partial charge in [-0.05, 0) is 40.8 Å². The van der Waals surface area contributed by atoms with Crippen molar-refractivity contribution in [2.75, 3.05) is 0 Å². The van der Waals surface area contributed by atoms with E-state index in [-0.39, 0.29) is 11.6 Å². The standard InChI is InChI=1S/C10H5FINO2/c11-6-1-2-8(9(12)3-6)10-13-4-7(5-14)15-10/h1-5H. The van der Waals surface area contributed by atoms with E-state index in [9.17, 15) is 9.18 Å². The number of halogens is 2. The van der Waals surface area contributed by atoms with E-state index in [1.165, 1.54) is 18.3 Å². The molecule has 3 nitrogen and oxygen atoms in total. The lowest BCUT2D eigenvalue weighted by molar-refractivity contribution is 0.110. The Morgan fingerprint density at radius 2 is 2.27 bits per heavy atom. The molecule has 0 saturated carbocycles. The molecule has 0 N–H and O–H groups in total. The summed E-state index contributed by atoms with van der Waals surface area (Å²) in [6, 6.07) is 4.26. The molecule has 2 rings (SSSR count). The van der Waals surface area contributed by atoms with Gasteiger partial charge in [0.05, 0.1) is 11.8 Å². The lowest BCUT2D eigenvalue weighted by atomic mass is 10.2. The minimum absolute atomic E-state index is 0.158. The molecule has 0 aliphatic carbocycles. The normalized spacial score (nSPS) is 10.3. The fourth-order valence-electron chi connectivity index (χ4n) is 1.13. The van der Waals surface area contributed by atoms with Crippen molar-refractivity contribution in [3.63, 3.8) is 0 Å². The molecule has 76 valence electrons. The van der Waals surface area contributed by atoms with Crippen molar-refractivity contribution in [3.05, 3.63) is 39.5 Å². The third kappa shape index (κ3) is 2.06. The summed E-state index contributed by atoms with van der Waals surface area (Å²) in [4.78, 5) is 14.3. The van der Waals surface area contributed by atoms with Crippen LogP contribution in [0.4, 0.5) is 4.39 Å². The summed E-state index contributed by atoms with van der Waals surface area (Å²) in [7, 11) is 0. The van der Waals surface area contributed by atoms with Gasteiger partial charge in [0.25, 0.3) is 0 Å². The van der Waals surface area contributed by atoms with E-state index >= 15 is 0 Å². The highest BCUT2D eigenvalue weighted by molar-refractivity contribution is 14.1. The zero-order valence-corrected chi connectivity index (χ0v) is 9.56. The Morgan fingerprint density at radius 3 is 2.87 bits per heavy atom. The third-order valence-corrected chi connectivity index (χ3v) is 2.69. The maximum Gasteiger partial charge on any atom is 0.227 e. The smallest absolute Gasteiger partial charge is 0.227 e. The predicted molar refractivity (Wildman–Crippen MR) is 60.0 cm³/mol. The van der Waals surface area contributed by atoms with Gasteiger partial charge < -0.3 is 4.42 Å². The molecular formula is C10H5FINO2. The number of oxazole rings is 1. The average molecular weight is 317 g/mol. The Balaban J connectivity index is 2.49. The number of rotatable bonds is 2. The van der Waals surface area contributed by atoms with Crippen molar-refractivity contribution < 1.29 is 13.6 Å². The SMILES string of the molecule is O=Cc1cnc(-c2ccc(F)cc2I)o1. The molecule has 0 aliphatic rings. The summed E-state index contributed by atoms with van der Waals surface area (Å²) in [6.45, 7) is 0. The molecular weight excluding hydrogens is 312 g/mol. The number of nitrogens with zero attached hydrogens (tertiary/aromatic N) is 1. The van der Waals surface area contributed by atoms with Gasteiger partial charge >= 0.3 is 0 Å². The molecule has 15 heavy (non-hydrogen) atoms. The summed E-state index contributed by atoms with van der Waals surface area (Å²) >= 11 is 1.98. The van der Waals surface area contributed by atoms with Crippen LogP contribution < -0.4 is 0 Å². The van der Waals surface area contributed by atoms with E-state index in [2.05, 4.69) is 4.98 Å². The Morgan fingerprint density at radius 1 is 1.47 bits per heavy atom. The van der Waals surface area contributed by atoms with Gasteiger partial charge in [0.1, 0.15) is 5.82 Å². The first kappa shape index (κ1) is 10.3. The van der Waals surface area contributed by atoms with Crippen molar-refractivity contribution in [2.45, 2.75) is 0 Å². The topological polar surface area (TPSA) is 43.1 Å². The minimum atomic E-state index is -0.315. The fraction of sp³-hybridized carbons (Fsp3) is 0. The summed E-state index contributed by atoms with van der Waals surface area (Å²) in [5, 5.41) is 0. The highest BCUT2D eigenvalue weighted by Crippen LogP contribution is 2.25. The first-order valence-electron chi connectivity index (χ1n) is 4.07. The number of hydrogen-bond donors (Lipinski definition) is 0. The first-order chi connectivity index (χ1) is 7.20. The zero-order valence-electron chi connectivity index (χ0n) is 7.41. The highest BCUT2D eigenvalue weighted by Gasteiger charge is 2.10. The highest BCUT2D eigenvalue weighted by atomic mass is 127. The van der Waals surface area contributed by atoms with Crippen LogP contribution in [0, 0.1) is 9.39 Å². The first-order valence-corrected chi connectivity index (χ1v) is 5.15. The number of benzene rings is 1. The molecule has 0 bridgehead atoms. The van der Waals surface area contributed by atoms with Gasteiger partial charge in [0, 0.05) is 3.57 Å². The van der Waals surface area contributed by atoms with Crippen molar-refractivity contribution in [2.24, 2.45) is 0 Å². The quantitative estimate of drug-likeness (QED) is 0.632. The zero-order chi connectivity index (χ0) is 10.8. The lowest BCUT2D eigenvalue weighted by Crippen LogP contribution is -1.84. The van der Waals surface area contributed by atoms with E-state index in [1.807, 2.05) is 22.6 Å². The number of aromatic nitrogens is 1. The van der Waals surface area contributed by atoms with Crippen molar-refractivity contribution in [3.8, 4) is 11.5 Å². The Hall–Kier alpha value is -1.24. The largest absolute Gasteiger partial charge is 0.433 e. The van der Waals surface area contributed by atoms with Crippen LogP contribution >= 0.6 is 22.6 Å². The Bertz CT molecular complexity index is 510. The molecule has 0 aliphatic heterocycles. The second-order valence-electron chi connectivity index (χ2n) is 2.81.